The summed E-state index contributed by atoms with van der Waals surface area (Å²) in [5, 5.41) is 9.82. The van der Waals surface area contributed by atoms with Gasteiger partial charge in [-0.2, -0.15) is 0 Å². The van der Waals surface area contributed by atoms with Gasteiger partial charge in [0.05, 0.1) is 29.6 Å². The van der Waals surface area contributed by atoms with Crippen molar-refractivity contribution < 1.29 is 47.3 Å². The van der Waals surface area contributed by atoms with Crippen LogP contribution in [-0.2, 0) is 27.5 Å². The number of hydrogen-bond acceptors (Lipinski definition) is 7. The van der Waals surface area contributed by atoms with E-state index in [1.807, 2.05) is 99.0 Å². The molecule has 2 fully saturated rings. The molecular formula is C61H56F2N4O8. The van der Waals surface area contributed by atoms with Crippen molar-refractivity contribution in [2.24, 2.45) is 0 Å². The number of ether oxygens (including phenoxy) is 3. The Kier molecular flexibility index (Phi) is 15.1. The van der Waals surface area contributed by atoms with E-state index < -0.39 is 11.9 Å². The zero-order valence-corrected chi connectivity index (χ0v) is 42.4. The van der Waals surface area contributed by atoms with Crippen LogP contribution in [0.5, 0.6) is 11.5 Å². The minimum atomic E-state index is -1.06. The molecular weight excluding hydrogens is 955 g/mol. The van der Waals surface area contributed by atoms with E-state index in [1.54, 1.807) is 58.3 Å². The standard InChI is InChI=1S/C31H29FN2O4.C30H27FN2O4/c1-20-6-13-29(38-19-22-8-10-24(32)11-9-22)27(15-20)28-12-7-21(2)34(28)26-17-23(31(36)37-3)16-25(18-26)33-14-4-5-30(33)35;1-19-5-12-28(37-18-21-7-9-23(31)10-8-21)26(14-19)27-11-6-20(2)33(27)25-16-22(30(35)36)15-24(17-25)32-13-3-4-29(32)34/h6-13,15-18H,4-5,14,19H2,1-3H3;5-12,14-17H,3-4,13,18H2,1-2H3,(H,35,36). The van der Waals surface area contributed by atoms with Crippen LogP contribution in [-0.4, -0.2) is 58.2 Å². The Labute approximate surface area is 433 Å². The molecule has 0 aliphatic carbocycles. The molecule has 2 aromatic heterocycles. The summed E-state index contributed by atoms with van der Waals surface area (Å²) in [5.74, 6) is -0.749. The summed E-state index contributed by atoms with van der Waals surface area (Å²) in [6, 6.07) is 42.7. The van der Waals surface area contributed by atoms with Crippen LogP contribution in [0.3, 0.4) is 0 Å². The van der Waals surface area contributed by atoms with Crippen molar-refractivity contribution in [3.63, 3.8) is 0 Å². The number of methoxy groups -OCH3 is 1. The van der Waals surface area contributed by atoms with E-state index in [-0.39, 0.29) is 42.2 Å². The zero-order valence-electron chi connectivity index (χ0n) is 42.4. The number of hydrogen-bond donors (Lipinski definition) is 1. The van der Waals surface area contributed by atoms with Gasteiger partial charge in [-0.05, 0) is 161 Å². The molecule has 0 unspecified atom stereocenters. The molecule has 1 N–H and O–H groups in total. The molecule has 0 spiro atoms. The molecule has 2 amide bonds. The normalized spacial score (nSPS) is 13.2. The first-order chi connectivity index (χ1) is 36.1. The quantitative estimate of drug-likeness (QED) is 0.107. The maximum absolute atomic E-state index is 13.3. The van der Waals surface area contributed by atoms with Crippen LogP contribution < -0.4 is 19.3 Å². The third-order valence-electron chi connectivity index (χ3n) is 13.3. The number of benzene rings is 6. The smallest absolute Gasteiger partial charge is 0.337 e. The topological polar surface area (TPSA) is 133 Å². The maximum Gasteiger partial charge on any atom is 0.337 e. The Bertz CT molecular complexity index is 3450. The molecule has 2 saturated heterocycles. The second-order valence-electron chi connectivity index (χ2n) is 18.8. The minimum Gasteiger partial charge on any atom is -0.488 e. The number of anilines is 2. The highest BCUT2D eigenvalue weighted by Gasteiger charge is 2.27. The van der Waals surface area contributed by atoms with Gasteiger partial charge in [0.1, 0.15) is 36.3 Å². The molecule has 0 saturated carbocycles. The van der Waals surface area contributed by atoms with E-state index in [9.17, 15) is 33.1 Å². The molecule has 2 aliphatic heterocycles. The SMILES string of the molecule is COC(=O)c1cc(N2CCCC2=O)cc(-n2c(C)ccc2-c2cc(C)ccc2OCc2ccc(F)cc2)c1.Cc1ccc(OCc2ccc(F)cc2)c(-c2ccc(C)n2-c2cc(C(=O)O)cc(N3CCCC3=O)c2)c1. The highest BCUT2D eigenvalue weighted by molar-refractivity contribution is 5.99. The summed E-state index contributed by atoms with van der Waals surface area (Å²) in [5.41, 5.74) is 12.2. The van der Waals surface area contributed by atoms with E-state index in [2.05, 4.69) is 10.6 Å². The molecule has 0 atom stereocenters. The number of halogens is 2. The molecule has 75 heavy (non-hydrogen) atoms. The number of amides is 2. The van der Waals surface area contributed by atoms with Crippen molar-refractivity contribution in [2.45, 2.75) is 66.6 Å². The Morgan fingerprint density at radius 1 is 0.520 bits per heavy atom. The molecule has 12 nitrogen and oxygen atoms in total. The van der Waals surface area contributed by atoms with Gasteiger partial charge >= 0.3 is 11.9 Å². The van der Waals surface area contributed by atoms with Crippen LogP contribution in [0.15, 0.2) is 146 Å². The number of aryl methyl sites for hydroxylation is 4. The highest BCUT2D eigenvalue weighted by atomic mass is 19.1. The van der Waals surface area contributed by atoms with Crippen molar-refractivity contribution in [3.8, 4) is 45.4 Å². The van der Waals surface area contributed by atoms with Gasteiger partial charge in [0.15, 0.2) is 0 Å². The molecule has 10 rings (SSSR count). The third-order valence-corrected chi connectivity index (χ3v) is 13.3. The summed E-state index contributed by atoms with van der Waals surface area (Å²) in [6.45, 7) is 9.69. The Morgan fingerprint density at radius 2 is 0.933 bits per heavy atom. The predicted octanol–water partition coefficient (Wildman–Crippen LogP) is 12.7. The van der Waals surface area contributed by atoms with Gasteiger partial charge in [0.2, 0.25) is 11.8 Å². The predicted molar refractivity (Wildman–Crippen MR) is 284 cm³/mol. The van der Waals surface area contributed by atoms with Crippen LogP contribution >= 0.6 is 0 Å². The number of carbonyl (C=O) groups excluding carboxylic acids is 3. The van der Waals surface area contributed by atoms with Gasteiger partial charge < -0.3 is 38.3 Å². The van der Waals surface area contributed by atoms with Crippen LogP contribution in [0.1, 0.15) is 80.0 Å². The zero-order chi connectivity index (χ0) is 52.9. The molecule has 2 aliphatic rings. The summed E-state index contributed by atoms with van der Waals surface area (Å²) >= 11 is 0. The second-order valence-corrected chi connectivity index (χ2v) is 18.8. The molecule has 14 heteroatoms. The van der Waals surface area contributed by atoms with Crippen molar-refractivity contribution in [2.75, 3.05) is 30.0 Å². The third kappa shape index (κ3) is 11.4. The van der Waals surface area contributed by atoms with Crippen molar-refractivity contribution in [1.82, 2.24) is 9.13 Å². The molecule has 6 aromatic carbocycles. The fourth-order valence-corrected chi connectivity index (χ4v) is 9.57. The number of nitrogens with zero attached hydrogens (tertiary/aromatic N) is 4. The number of esters is 1. The lowest BCUT2D eigenvalue weighted by Crippen LogP contribution is -2.24. The van der Waals surface area contributed by atoms with Crippen LogP contribution in [0.25, 0.3) is 33.9 Å². The Hall–Kier alpha value is -8.78. The lowest BCUT2D eigenvalue weighted by atomic mass is 10.1. The first-order valence-corrected chi connectivity index (χ1v) is 24.7. The van der Waals surface area contributed by atoms with Gasteiger partial charge in [0.25, 0.3) is 0 Å². The molecule has 382 valence electrons. The van der Waals surface area contributed by atoms with Crippen LogP contribution in [0, 0.1) is 39.3 Å². The molecule has 8 aromatic rings. The fourth-order valence-electron chi connectivity index (χ4n) is 9.57. The fraction of sp³-hybridized carbons (Fsp3) is 0.213. The van der Waals surface area contributed by atoms with Gasteiger partial charge in [-0.15, -0.1) is 0 Å². The summed E-state index contributed by atoms with van der Waals surface area (Å²) < 4.78 is 48.1. The largest absolute Gasteiger partial charge is 0.488 e. The van der Waals surface area contributed by atoms with Gasteiger partial charge in [0, 0.05) is 71.2 Å². The monoisotopic (exact) mass is 1010 g/mol. The Morgan fingerprint density at radius 3 is 1.33 bits per heavy atom. The van der Waals surface area contributed by atoms with Crippen molar-refractivity contribution >= 4 is 35.1 Å². The number of carboxylic acids is 1. The Balaban J connectivity index is 0.000000184. The lowest BCUT2D eigenvalue weighted by molar-refractivity contribution is -0.117. The summed E-state index contributed by atoms with van der Waals surface area (Å²) in [4.78, 5) is 52.9. The van der Waals surface area contributed by atoms with Gasteiger partial charge in [-0.3, -0.25) is 9.59 Å². The molecule has 0 radical (unpaired) electrons. The van der Waals surface area contributed by atoms with Gasteiger partial charge in [-0.25, -0.2) is 18.4 Å². The number of rotatable bonds is 14. The summed E-state index contributed by atoms with van der Waals surface area (Å²) in [6.07, 6.45) is 2.47. The van der Waals surface area contributed by atoms with E-state index >= 15 is 0 Å². The second kappa shape index (κ2) is 22.1. The van der Waals surface area contributed by atoms with Crippen molar-refractivity contribution in [3.05, 3.63) is 202 Å². The first-order valence-electron chi connectivity index (χ1n) is 24.7. The average molecular weight is 1010 g/mol. The summed E-state index contributed by atoms with van der Waals surface area (Å²) in [7, 11) is 1.35. The number of aromatic nitrogens is 2. The van der Waals surface area contributed by atoms with Crippen LogP contribution in [0.4, 0.5) is 20.2 Å². The maximum atomic E-state index is 13.3. The molecule has 4 heterocycles. The van der Waals surface area contributed by atoms with Crippen molar-refractivity contribution in [1.29, 1.82) is 0 Å². The first kappa shape index (κ1) is 51.1. The highest BCUT2D eigenvalue weighted by Crippen LogP contribution is 2.39. The van der Waals surface area contributed by atoms with E-state index in [0.29, 0.717) is 60.1 Å². The van der Waals surface area contributed by atoms with Crippen LogP contribution in [0.2, 0.25) is 0 Å². The number of aromatic carboxylic acids is 1. The molecule has 0 bridgehead atoms. The number of carboxylic acid groups (broad SMARTS) is 1. The van der Waals surface area contributed by atoms with E-state index in [1.165, 1.54) is 31.4 Å². The lowest BCUT2D eigenvalue weighted by Gasteiger charge is -2.21. The van der Waals surface area contributed by atoms with Gasteiger partial charge in [-0.1, -0.05) is 47.5 Å². The average Bonchev–Trinajstić information content (AvgIpc) is 4.23. The van der Waals surface area contributed by atoms with E-state index in [0.717, 1.165) is 74.7 Å². The van der Waals surface area contributed by atoms with E-state index in [4.69, 9.17) is 14.2 Å². The minimum absolute atomic E-state index is 0.00639. The number of carbonyl (C=O) groups is 4.